The van der Waals surface area contributed by atoms with Gasteiger partial charge in [-0.25, -0.2) is 9.55 Å². The van der Waals surface area contributed by atoms with Gasteiger partial charge in [-0.1, -0.05) is 0 Å². The minimum atomic E-state index is -2.41. The van der Waals surface area contributed by atoms with Crippen molar-refractivity contribution in [3.05, 3.63) is 32.7 Å². The van der Waals surface area contributed by atoms with E-state index in [4.69, 9.17) is 0 Å². The molecule has 2 atom stereocenters. The highest BCUT2D eigenvalue weighted by atomic mass is 32.2. The SMILES string of the molecule is Cn1c([N+](=O)[O-])cnc1CC(c1nncs1)S(=O)[O-]. The molecule has 0 fully saturated rings. The molecule has 2 aromatic rings. The number of imidazole rings is 1. The lowest BCUT2D eigenvalue weighted by molar-refractivity contribution is -0.391. The Morgan fingerprint density at radius 3 is 2.84 bits per heavy atom. The molecule has 0 aliphatic carbocycles. The molecule has 0 spiro atoms. The minimum absolute atomic E-state index is 0.00957. The normalized spacial score (nSPS) is 14.2. The zero-order chi connectivity index (χ0) is 14.0. The van der Waals surface area contributed by atoms with Crippen molar-refractivity contribution in [1.29, 1.82) is 0 Å². The highest BCUT2D eigenvalue weighted by molar-refractivity contribution is 7.79. The van der Waals surface area contributed by atoms with Crippen LogP contribution in [-0.4, -0.2) is 33.4 Å². The molecule has 0 aliphatic rings. The first-order valence-corrected chi connectivity index (χ1v) is 7.01. The average Bonchev–Trinajstić information content (AvgIpc) is 2.95. The van der Waals surface area contributed by atoms with Gasteiger partial charge in [0, 0.05) is 6.42 Å². The number of nitro groups is 1. The summed E-state index contributed by atoms with van der Waals surface area (Å²) in [7, 11) is 1.46. The van der Waals surface area contributed by atoms with E-state index in [1.54, 1.807) is 0 Å². The Balaban J connectivity index is 2.28. The molecule has 0 saturated carbocycles. The standard InChI is InChI=1S/C8H9N5O4S2/c1-12-6(9-3-7(12)13(14)15)2-5(19(16)17)8-11-10-4-18-8/h3-5H,2H2,1H3,(H,16,17)/p-1. The highest BCUT2D eigenvalue weighted by Gasteiger charge is 2.24. The van der Waals surface area contributed by atoms with Crippen LogP contribution in [0.15, 0.2) is 11.7 Å². The number of hydrogen-bond donors (Lipinski definition) is 0. The molecule has 0 radical (unpaired) electrons. The molecule has 0 aromatic carbocycles. The van der Waals surface area contributed by atoms with Crippen LogP contribution in [0.5, 0.6) is 0 Å². The lowest BCUT2D eigenvalue weighted by atomic mass is 10.3. The third-order valence-corrected chi connectivity index (χ3v) is 4.31. The first-order chi connectivity index (χ1) is 9.00. The van der Waals surface area contributed by atoms with Crippen molar-refractivity contribution in [3.8, 4) is 0 Å². The topological polar surface area (TPSA) is 127 Å². The molecular formula is C8H8N5O4S2-. The van der Waals surface area contributed by atoms with E-state index in [0.29, 0.717) is 10.8 Å². The van der Waals surface area contributed by atoms with Crippen LogP contribution in [0.1, 0.15) is 16.1 Å². The second kappa shape index (κ2) is 5.50. The van der Waals surface area contributed by atoms with E-state index in [0.717, 1.165) is 17.5 Å². The van der Waals surface area contributed by atoms with Crippen molar-refractivity contribution in [2.45, 2.75) is 11.7 Å². The maximum atomic E-state index is 11.2. The summed E-state index contributed by atoms with van der Waals surface area (Å²) in [4.78, 5) is 14.0. The van der Waals surface area contributed by atoms with Crippen LogP contribution in [0.4, 0.5) is 5.82 Å². The van der Waals surface area contributed by atoms with Gasteiger partial charge in [0.05, 0.1) is 12.3 Å². The first kappa shape index (κ1) is 13.7. The molecule has 0 amide bonds. The number of rotatable bonds is 5. The van der Waals surface area contributed by atoms with Gasteiger partial charge in [0.15, 0.2) is 5.82 Å². The summed E-state index contributed by atoms with van der Waals surface area (Å²) in [6.07, 6.45) is 1.11. The Bertz CT molecular complexity index is 611. The van der Waals surface area contributed by atoms with Gasteiger partial charge in [-0.05, 0) is 16.0 Å². The van der Waals surface area contributed by atoms with Crippen LogP contribution in [0, 0.1) is 10.1 Å². The van der Waals surface area contributed by atoms with Crippen LogP contribution in [0.3, 0.4) is 0 Å². The van der Waals surface area contributed by atoms with Crippen molar-refractivity contribution in [1.82, 2.24) is 19.7 Å². The van der Waals surface area contributed by atoms with E-state index in [1.165, 1.54) is 17.1 Å². The molecule has 102 valence electrons. The number of aromatic nitrogens is 4. The van der Waals surface area contributed by atoms with E-state index < -0.39 is 21.3 Å². The van der Waals surface area contributed by atoms with E-state index in [2.05, 4.69) is 15.2 Å². The van der Waals surface area contributed by atoms with Crippen LogP contribution in [0.25, 0.3) is 0 Å². The molecular weight excluding hydrogens is 294 g/mol. The lowest BCUT2D eigenvalue weighted by Gasteiger charge is -2.15. The van der Waals surface area contributed by atoms with Crippen LogP contribution in [0.2, 0.25) is 0 Å². The summed E-state index contributed by atoms with van der Waals surface area (Å²) >= 11 is -1.30. The quantitative estimate of drug-likeness (QED) is 0.442. The minimum Gasteiger partial charge on any atom is -0.772 e. The summed E-state index contributed by atoms with van der Waals surface area (Å²) in [5.41, 5.74) is 1.43. The molecule has 0 saturated heterocycles. The third-order valence-electron chi connectivity index (χ3n) is 2.50. The summed E-state index contributed by atoms with van der Waals surface area (Å²) in [6.45, 7) is 0. The molecule has 2 heterocycles. The molecule has 19 heavy (non-hydrogen) atoms. The molecule has 0 N–H and O–H groups in total. The summed E-state index contributed by atoms with van der Waals surface area (Å²) in [5, 5.41) is 17.4. The van der Waals surface area contributed by atoms with Crippen molar-refractivity contribution >= 4 is 28.2 Å². The Labute approximate surface area is 113 Å². The van der Waals surface area contributed by atoms with Crippen molar-refractivity contribution in [3.63, 3.8) is 0 Å². The number of nitrogens with zero attached hydrogens (tertiary/aromatic N) is 5. The second-order valence-electron chi connectivity index (χ2n) is 3.58. The summed E-state index contributed by atoms with van der Waals surface area (Å²) in [6, 6.07) is 0. The van der Waals surface area contributed by atoms with E-state index in [9.17, 15) is 18.9 Å². The third kappa shape index (κ3) is 2.83. The van der Waals surface area contributed by atoms with Crippen molar-refractivity contribution in [2.24, 2.45) is 7.05 Å². The maximum Gasteiger partial charge on any atom is 0.342 e. The smallest absolute Gasteiger partial charge is 0.342 e. The highest BCUT2D eigenvalue weighted by Crippen LogP contribution is 2.25. The van der Waals surface area contributed by atoms with Gasteiger partial charge in [-0.3, -0.25) is 4.21 Å². The fraction of sp³-hybridized carbons (Fsp3) is 0.375. The predicted molar refractivity (Wildman–Crippen MR) is 65.1 cm³/mol. The van der Waals surface area contributed by atoms with Gasteiger partial charge in [0.2, 0.25) is 0 Å². The predicted octanol–water partition coefficient (Wildman–Crippen LogP) is 0.343. The van der Waals surface area contributed by atoms with Gasteiger partial charge in [-0.2, -0.15) is 0 Å². The van der Waals surface area contributed by atoms with E-state index in [1.807, 2.05) is 0 Å². The van der Waals surface area contributed by atoms with Gasteiger partial charge in [-0.15, -0.1) is 21.5 Å². The summed E-state index contributed by atoms with van der Waals surface area (Å²) in [5.74, 6) is 0.110. The fourth-order valence-corrected chi connectivity index (χ4v) is 2.95. The van der Waals surface area contributed by atoms with Gasteiger partial charge >= 0.3 is 5.82 Å². The Kier molecular flexibility index (Phi) is 3.97. The monoisotopic (exact) mass is 302 g/mol. The van der Waals surface area contributed by atoms with Crippen LogP contribution < -0.4 is 0 Å². The van der Waals surface area contributed by atoms with E-state index in [-0.39, 0.29) is 12.2 Å². The molecule has 2 aromatic heterocycles. The van der Waals surface area contributed by atoms with Crippen molar-refractivity contribution < 1.29 is 13.7 Å². The van der Waals surface area contributed by atoms with Gasteiger partial charge < -0.3 is 14.7 Å². The van der Waals surface area contributed by atoms with Crippen LogP contribution in [-0.2, 0) is 24.5 Å². The Hall–Kier alpha value is -1.72. The van der Waals surface area contributed by atoms with E-state index >= 15 is 0 Å². The largest absolute Gasteiger partial charge is 0.772 e. The molecule has 11 heteroatoms. The number of hydrogen-bond acceptors (Lipinski definition) is 8. The zero-order valence-corrected chi connectivity index (χ0v) is 11.3. The molecule has 2 rings (SSSR count). The average molecular weight is 302 g/mol. The van der Waals surface area contributed by atoms with Crippen LogP contribution >= 0.6 is 11.3 Å². The maximum absolute atomic E-state index is 11.2. The molecule has 2 unspecified atom stereocenters. The Morgan fingerprint density at radius 2 is 2.37 bits per heavy atom. The zero-order valence-electron chi connectivity index (χ0n) is 9.62. The second-order valence-corrected chi connectivity index (χ2v) is 5.53. The summed E-state index contributed by atoms with van der Waals surface area (Å²) < 4.78 is 23.7. The molecule has 9 nitrogen and oxygen atoms in total. The first-order valence-electron chi connectivity index (χ1n) is 4.99. The fourth-order valence-electron chi connectivity index (χ4n) is 1.52. The lowest BCUT2D eigenvalue weighted by Crippen LogP contribution is -2.13. The molecule has 0 bridgehead atoms. The Morgan fingerprint density at radius 1 is 1.63 bits per heavy atom. The van der Waals surface area contributed by atoms with Gasteiger partial charge in [0.1, 0.15) is 16.7 Å². The van der Waals surface area contributed by atoms with Crippen molar-refractivity contribution in [2.75, 3.05) is 0 Å². The molecule has 0 aliphatic heterocycles. The van der Waals surface area contributed by atoms with Gasteiger partial charge in [0.25, 0.3) is 0 Å².